The number of rotatable bonds is 4. The van der Waals surface area contributed by atoms with Crippen LogP contribution in [0, 0.1) is 5.82 Å². The van der Waals surface area contributed by atoms with Gasteiger partial charge in [-0.3, -0.25) is 0 Å². The van der Waals surface area contributed by atoms with Gasteiger partial charge < -0.3 is 5.73 Å². The second-order valence-corrected chi connectivity index (χ2v) is 8.80. The zero-order valence-electron chi connectivity index (χ0n) is 10.5. The van der Waals surface area contributed by atoms with E-state index in [2.05, 4.69) is 4.72 Å². The molecule has 1 aliphatic rings. The number of sulfone groups is 1. The number of nitrogens with one attached hydrogen (secondary N) is 1. The van der Waals surface area contributed by atoms with Gasteiger partial charge in [0.2, 0.25) is 10.0 Å². The largest absolute Gasteiger partial charge is 0.398 e. The van der Waals surface area contributed by atoms with Gasteiger partial charge in [-0.1, -0.05) is 0 Å². The summed E-state index contributed by atoms with van der Waals surface area (Å²) in [6.07, 6.45) is 0.969. The average molecular weight is 322 g/mol. The van der Waals surface area contributed by atoms with E-state index in [1.807, 2.05) is 0 Å². The average Bonchev–Trinajstić information content (AvgIpc) is 2.65. The number of hydrogen-bond acceptors (Lipinski definition) is 5. The Morgan fingerprint density at radius 1 is 1.40 bits per heavy atom. The quantitative estimate of drug-likeness (QED) is 0.774. The fourth-order valence-electron chi connectivity index (χ4n) is 2.13. The lowest BCUT2D eigenvalue weighted by atomic mass is 10.2. The van der Waals surface area contributed by atoms with Crippen molar-refractivity contribution in [3.8, 4) is 0 Å². The first-order valence-corrected chi connectivity index (χ1v) is 9.18. The molecule has 1 fully saturated rings. The first-order chi connectivity index (χ1) is 9.22. The molecule has 112 valence electrons. The van der Waals surface area contributed by atoms with E-state index in [9.17, 15) is 21.2 Å². The van der Waals surface area contributed by atoms with Crippen LogP contribution in [0.5, 0.6) is 0 Å². The third-order valence-corrected chi connectivity index (χ3v) is 7.00. The van der Waals surface area contributed by atoms with Crippen LogP contribution in [0.2, 0.25) is 0 Å². The number of anilines is 1. The molecule has 0 amide bonds. The minimum absolute atomic E-state index is 0.0814. The number of sulfonamides is 1. The Hall–Kier alpha value is -1.19. The van der Waals surface area contributed by atoms with Gasteiger partial charge in [0.05, 0.1) is 16.7 Å². The third kappa shape index (κ3) is 3.10. The van der Waals surface area contributed by atoms with E-state index in [-0.39, 0.29) is 22.9 Å². The van der Waals surface area contributed by atoms with Crippen molar-refractivity contribution in [2.24, 2.45) is 0 Å². The Kier molecular flexibility index (Phi) is 4.03. The summed E-state index contributed by atoms with van der Waals surface area (Å²) in [6, 6.07) is 2.94. The van der Waals surface area contributed by atoms with Crippen molar-refractivity contribution >= 4 is 25.5 Å². The number of hydrogen-bond donors (Lipinski definition) is 2. The molecule has 2 rings (SSSR count). The van der Waals surface area contributed by atoms with Crippen molar-refractivity contribution in [3.05, 3.63) is 24.0 Å². The van der Waals surface area contributed by atoms with Crippen molar-refractivity contribution in [1.82, 2.24) is 4.72 Å². The van der Waals surface area contributed by atoms with Gasteiger partial charge >= 0.3 is 0 Å². The highest BCUT2D eigenvalue weighted by Crippen LogP contribution is 2.22. The van der Waals surface area contributed by atoms with Gasteiger partial charge in [0, 0.05) is 6.54 Å². The lowest BCUT2D eigenvalue weighted by molar-refractivity contribution is 0.571. The van der Waals surface area contributed by atoms with Crippen LogP contribution in [-0.4, -0.2) is 34.4 Å². The van der Waals surface area contributed by atoms with Crippen molar-refractivity contribution in [2.45, 2.75) is 23.0 Å². The summed E-state index contributed by atoms with van der Waals surface area (Å²) in [5, 5.41) is -0.709. The fourth-order valence-corrected chi connectivity index (χ4v) is 5.20. The molecule has 0 aliphatic carbocycles. The molecule has 0 radical (unpaired) electrons. The van der Waals surface area contributed by atoms with Crippen molar-refractivity contribution in [2.75, 3.05) is 18.0 Å². The van der Waals surface area contributed by atoms with Gasteiger partial charge in [-0.05, 0) is 31.0 Å². The molecule has 1 aromatic rings. The Morgan fingerprint density at radius 3 is 2.65 bits per heavy atom. The molecule has 1 heterocycles. The van der Waals surface area contributed by atoms with Crippen molar-refractivity contribution < 1.29 is 21.2 Å². The van der Waals surface area contributed by atoms with E-state index in [1.54, 1.807) is 0 Å². The predicted octanol–water partition coefficient (Wildman–Crippen LogP) is 0.263. The summed E-state index contributed by atoms with van der Waals surface area (Å²) in [7, 11) is -7.18. The molecule has 9 heteroatoms. The van der Waals surface area contributed by atoms with Gasteiger partial charge in [-0.15, -0.1) is 0 Å². The van der Waals surface area contributed by atoms with E-state index in [1.165, 1.54) is 0 Å². The topological polar surface area (TPSA) is 106 Å². The lowest BCUT2D eigenvalue weighted by Crippen LogP contribution is -2.34. The first-order valence-electron chi connectivity index (χ1n) is 5.99. The minimum Gasteiger partial charge on any atom is -0.398 e. The molecule has 1 unspecified atom stereocenters. The molecule has 3 N–H and O–H groups in total. The van der Waals surface area contributed by atoms with E-state index in [0.29, 0.717) is 12.8 Å². The second kappa shape index (κ2) is 5.30. The highest BCUT2D eigenvalue weighted by atomic mass is 32.2. The van der Waals surface area contributed by atoms with E-state index in [0.717, 1.165) is 18.2 Å². The van der Waals surface area contributed by atoms with Gasteiger partial charge in [0.25, 0.3) is 0 Å². The van der Waals surface area contributed by atoms with Crippen molar-refractivity contribution in [1.29, 1.82) is 0 Å². The number of nitrogen functional groups attached to an aromatic ring is 1. The number of benzene rings is 1. The molecular formula is C11H15FN2O4S2. The molecule has 1 atom stereocenters. The summed E-state index contributed by atoms with van der Waals surface area (Å²) in [5.41, 5.74) is 5.25. The zero-order chi connectivity index (χ0) is 15.0. The summed E-state index contributed by atoms with van der Waals surface area (Å²) in [5.74, 6) is -0.558. The molecule has 1 aromatic carbocycles. The normalized spacial score (nSPS) is 21.9. The molecule has 20 heavy (non-hydrogen) atoms. The van der Waals surface area contributed by atoms with E-state index >= 15 is 0 Å². The lowest BCUT2D eigenvalue weighted by Gasteiger charge is -2.12. The number of nitrogens with two attached hydrogens (primary N) is 1. The van der Waals surface area contributed by atoms with Crippen LogP contribution in [0.1, 0.15) is 12.8 Å². The molecule has 0 saturated carbocycles. The smallest absolute Gasteiger partial charge is 0.242 e. The molecule has 0 bridgehead atoms. The van der Waals surface area contributed by atoms with Gasteiger partial charge in [-0.25, -0.2) is 25.9 Å². The standard InChI is InChI=1S/C11H15FN2O4S2/c12-8-3-4-11(10(13)6-8)20(17,18)14-7-9-2-1-5-19(9,15)16/h3-4,6,9,14H,1-2,5,7,13H2. The third-order valence-electron chi connectivity index (χ3n) is 3.23. The van der Waals surface area contributed by atoms with Crippen LogP contribution in [0.4, 0.5) is 10.1 Å². The number of halogens is 1. The van der Waals surface area contributed by atoms with Crippen LogP contribution in [0.25, 0.3) is 0 Å². The van der Waals surface area contributed by atoms with E-state index < -0.39 is 30.9 Å². The Balaban J connectivity index is 2.16. The van der Waals surface area contributed by atoms with Gasteiger partial charge in [0.1, 0.15) is 10.7 Å². The van der Waals surface area contributed by atoms with Gasteiger partial charge in [-0.2, -0.15) is 0 Å². The molecular weight excluding hydrogens is 307 g/mol. The predicted molar refractivity (Wildman–Crippen MR) is 72.8 cm³/mol. The Morgan fingerprint density at radius 2 is 2.10 bits per heavy atom. The van der Waals surface area contributed by atoms with E-state index in [4.69, 9.17) is 5.73 Å². The maximum Gasteiger partial charge on any atom is 0.242 e. The van der Waals surface area contributed by atoms with Crippen LogP contribution in [0.15, 0.2) is 23.1 Å². The monoisotopic (exact) mass is 322 g/mol. The fraction of sp³-hybridized carbons (Fsp3) is 0.455. The maximum absolute atomic E-state index is 12.9. The zero-order valence-corrected chi connectivity index (χ0v) is 12.2. The van der Waals surface area contributed by atoms with Crippen LogP contribution in [0.3, 0.4) is 0 Å². The molecule has 0 aromatic heterocycles. The Labute approximate surface area is 117 Å². The van der Waals surface area contributed by atoms with Crippen molar-refractivity contribution in [3.63, 3.8) is 0 Å². The Bertz CT molecular complexity index is 716. The first kappa shape index (κ1) is 15.2. The molecule has 1 saturated heterocycles. The molecule has 1 aliphatic heterocycles. The summed E-state index contributed by atoms with van der Waals surface area (Å²) in [4.78, 5) is -0.255. The SMILES string of the molecule is Nc1cc(F)ccc1S(=O)(=O)NCC1CCCS1(=O)=O. The second-order valence-electron chi connectivity index (χ2n) is 4.67. The summed E-state index contributed by atoms with van der Waals surface area (Å²) >= 11 is 0. The molecule has 6 nitrogen and oxygen atoms in total. The van der Waals surface area contributed by atoms with Crippen LogP contribution >= 0.6 is 0 Å². The van der Waals surface area contributed by atoms with Gasteiger partial charge in [0.15, 0.2) is 9.84 Å². The highest BCUT2D eigenvalue weighted by Gasteiger charge is 2.32. The van der Waals surface area contributed by atoms with Crippen LogP contribution < -0.4 is 10.5 Å². The van der Waals surface area contributed by atoms with Crippen LogP contribution in [-0.2, 0) is 19.9 Å². The molecule has 0 spiro atoms. The minimum atomic E-state index is -3.95. The maximum atomic E-state index is 12.9. The summed E-state index contributed by atoms with van der Waals surface area (Å²) in [6.45, 7) is -0.193. The highest BCUT2D eigenvalue weighted by molar-refractivity contribution is 7.92. The summed E-state index contributed by atoms with van der Waals surface area (Å²) < 4.78 is 62.4.